The summed E-state index contributed by atoms with van der Waals surface area (Å²) in [5.41, 5.74) is 0. The second kappa shape index (κ2) is 4.01. The number of hydrogen-bond acceptors (Lipinski definition) is 4. The molecule has 0 unspecified atom stereocenters. The van der Waals surface area contributed by atoms with Crippen LogP contribution in [0.15, 0.2) is 0 Å². The van der Waals surface area contributed by atoms with Crippen LogP contribution in [0.25, 0.3) is 0 Å². The van der Waals surface area contributed by atoms with Gasteiger partial charge in [-0.15, -0.1) is 0 Å². The van der Waals surface area contributed by atoms with Crippen LogP contribution in [0.4, 0.5) is 4.79 Å². The Morgan fingerprint density at radius 1 is 1.24 bits per heavy atom. The molecule has 0 N–H and O–H groups in total. The van der Waals surface area contributed by atoms with Crippen molar-refractivity contribution >= 4 is 28.8 Å². The van der Waals surface area contributed by atoms with Gasteiger partial charge in [0.15, 0.2) is 0 Å². The first-order valence-electron chi connectivity index (χ1n) is 5.94. The normalized spacial score (nSPS) is 26.1. The van der Waals surface area contributed by atoms with Crippen molar-refractivity contribution < 1.29 is 14.4 Å². The Morgan fingerprint density at radius 3 is 2.41 bits per heavy atom. The molecule has 2 heterocycles. The Morgan fingerprint density at radius 2 is 1.94 bits per heavy atom. The van der Waals surface area contributed by atoms with Gasteiger partial charge in [-0.2, -0.15) is 0 Å². The summed E-state index contributed by atoms with van der Waals surface area (Å²) < 4.78 is 0. The predicted molar refractivity (Wildman–Crippen MR) is 62.4 cm³/mol. The highest BCUT2D eigenvalue weighted by Crippen LogP contribution is 2.32. The Balaban J connectivity index is 1.55. The maximum absolute atomic E-state index is 11.9. The zero-order valence-electron chi connectivity index (χ0n) is 9.42. The van der Waals surface area contributed by atoms with E-state index in [1.807, 2.05) is 0 Å². The van der Waals surface area contributed by atoms with Crippen molar-refractivity contribution in [3.8, 4) is 0 Å². The third kappa shape index (κ3) is 1.74. The Labute approximate surface area is 103 Å². The summed E-state index contributed by atoms with van der Waals surface area (Å²) in [5.74, 6) is 0.557. The van der Waals surface area contributed by atoms with Gasteiger partial charge in [0.25, 0.3) is 5.24 Å². The molecule has 0 spiro atoms. The van der Waals surface area contributed by atoms with Gasteiger partial charge in [-0.25, -0.2) is 0 Å². The lowest BCUT2D eigenvalue weighted by Gasteiger charge is -2.45. The highest BCUT2D eigenvalue weighted by Gasteiger charge is 2.44. The molecule has 0 aromatic heterocycles. The molecule has 1 saturated carbocycles. The highest BCUT2D eigenvalue weighted by molar-refractivity contribution is 8.14. The molecule has 0 radical (unpaired) electrons. The largest absolute Gasteiger partial charge is 0.338 e. The summed E-state index contributed by atoms with van der Waals surface area (Å²) in [6.45, 7) is 1.07. The van der Waals surface area contributed by atoms with Gasteiger partial charge in [-0.3, -0.25) is 19.3 Å². The first-order valence-corrected chi connectivity index (χ1v) is 6.93. The number of rotatable bonds is 2. The summed E-state index contributed by atoms with van der Waals surface area (Å²) in [6, 6.07) is -0.0750. The fourth-order valence-corrected chi connectivity index (χ4v) is 3.21. The number of thioether (sulfide) groups is 1. The van der Waals surface area contributed by atoms with Crippen molar-refractivity contribution in [3.05, 3.63) is 0 Å². The minimum absolute atomic E-state index is 0.0750. The molecule has 17 heavy (non-hydrogen) atoms. The number of carbonyl (C=O) groups excluding carboxylic acids is 3. The van der Waals surface area contributed by atoms with E-state index in [-0.39, 0.29) is 34.8 Å². The average molecular weight is 254 g/mol. The highest BCUT2D eigenvalue weighted by atomic mass is 32.2. The Hall–Kier alpha value is -1.04. The maximum atomic E-state index is 11.9. The first kappa shape index (κ1) is 11.1. The van der Waals surface area contributed by atoms with E-state index >= 15 is 0 Å². The number of amides is 3. The lowest BCUT2D eigenvalue weighted by Crippen LogP contribution is -2.63. The molecule has 2 aliphatic heterocycles. The minimum atomic E-state index is -0.157. The fourth-order valence-electron chi connectivity index (χ4n) is 2.43. The third-order valence-electron chi connectivity index (χ3n) is 3.78. The molecule has 2 saturated heterocycles. The van der Waals surface area contributed by atoms with Crippen LogP contribution in [0.1, 0.15) is 19.3 Å². The van der Waals surface area contributed by atoms with Crippen molar-refractivity contribution in [2.45, 2.75) is 25.3 Å². The number of nitrogens with zero attached hydrogens (tertiary/aromatic N) is 2. The number of imide groups is 1. The van der Waals surface area contributed by atoms with E-state index in [0.717, 1.165) is 31.0 Å². The van der Waals surface area contributed by atoms with Crippen LogP contribution in [-0.2, 0) is 9.59 Å². The van der Waals surface area contributed by atoms with Crippen LogP contribution in [0, 0.1) is 5.92 Å². The van der Waals surface area contributed by atoms with Crippen molar-refractivity contribution in [1.82, 2.24) is 9.80 Å². The number of likely N-dealkylation sites (tertiary alicyclic amines) is 1. The molecular weight excluding hydrogens is 240 g/mol. The summed E-state index contributed by atoms with van der Waals surface area (Å²) in [5, 5.41) is -0.157. The monoisotopic (exact) mass is 254 g/mol. The topological polar surface area (TPSA) is 57.7 Å². The molecule has 5 nitrogen and oxygen atoms in total. The molecule has 0 aromatic rings. The van der Waals surface area contributed by atoms with E-state index in [2.05, 4.69) is 0 Å². The molecule has 0 aromatic carbocycles. The van der Waals surface area contributed by atoms with Crippen LogP contribution in [0.3, 0.4) is 0 Å². The van der Waals surface area contributed by atoms with Gasteiger partial charge in [0.05, 0.1) is 11.8 Å². The molecule has 3 fully saturated rings. The lowest BCUT2D eigenvalue weighted by molar-refractivity contribution is -0.147. The standard InChI is InChI=1S/C11H14N2O3S/c14-9-6-17-11(16)13(9)8-4-12(5-8)10(15)7-2-1-3-7/h7-8H,1-6H2. The SMILES string of the molecule is O=C(C1CCC1)N1CC(N2C(=O)CSC2=O)C1. The van der Waals surface area contributed by atoms with E-state index in [1.54, 1.807) is 4.90 Å². The zero-order valence-corrected chi connectivity index (χ0v) is 10.2. The lowest BCUT2D eigenvalue weighted by atomic mass is 9.83. The van der Waals surface area contributed by atoms with Gasteiger partial charge in [0.1, 0.15) is 0 Å². The molecule has 1 aliphatic carbocycles. The van der Waals surface area contributed by atoms with Crippen LogP contribution in [0.5, 0.6) is 0 Å². The summed E-state index contributed by atoms with van der Waals surface area (Å²) >= 11 is 1.06. The van der Waals surface area contributed by atoms with Crippen LogP contribution < -0.4 is 0 Å². The van der Waals surface area contributed by atoms with E-state index in [0.29, 0.717) is 13.1 Å². The van der Waals surface area contributed by atoms with E-state index < -0.39 is 0 Å². The van der Waals surface area contributed by atoms with Crippen LogP contribution in [-0.4, -0.2) is 51.7 Å². The summed E-state index contributed by atoms with van der Waals surface area (Å²) in [4.78, 5) is 37.9. The first-order chi connectivity index (χ1) is 8.16. The quantitative estimate of drug-likeness (QED) is 0.727. The van der Waals surface area contributed by atoms with Gasteiger partial charge in [-0.1, -0.05) is 18.2 Å². The van der Waals surface area contributed by atoms with Gasteiger partial charge < -0.3 is 4.90 Å². The molecule has 0 atom stereocenters. The Kier molecular flexibility index (Phi) is 2.61. The van der Waals surface area contributed by atoms with Gasteiger partial charge >= 0.3 is 0 Å². The molecule has 92 valence electrons. The van der Waals surface area contributed by atoms with E-state index in [4.69, 9.17) is 0 Å². The van der Waals surface area contributed by atoms with Gasteiger partial charge in [0.2, 0.25) is 11.8 Å². The predicted octanol–water partition coefficient (Wildman–Crippen LogP) is 0.693. The second-order valence-electron chi connectivity index (χ2n) is 4.84. The second-order valence-corrected chi connectivity index (χ2v) is 5.77. The number of hydrogen-bond donors (Lipinski definition) is 0. The van der Waals surface area contributed by atoms with Gasteiger partial charge in [-0.05, 0) is 12.8 Å². The fraction of sp³-hybridized carbons (Fsp3) is 0.727. The van der Waals surface area contributed by atoms with Crippen molar-refractivity contribution in [1.29, 1.82) is 0 Å². The molecule has 3 rings (SSSR count). The van der Waals surface area contributed by atoms with E-state index in [9.17, 15) is 14.4 Å². The zero-order chi connectivity index (χ0) is 12.0. The molecule has 3 aliphatic rings. The smallest absolute Gasteiger partial charge is 0.289 e. The molecular formula is C11H14N2O3S. The Bertz CT molecular complexity index is 372. The maximum Gasteiger partial charge on any atom is 0.289 e. The van der Waals surface area contributed by atoms with Crippen molar-refractivity contribution in [2.24, 2.45) is 5.92 Å². The number of carbonyl (C=O) groups is 3. The van der Waals surface area contributed by atoms with Crippen molar-refractivity contribution in [3.63, 3.8) is 0 Å². The minimum Gasteiger partial charge on any atom is -0.338 e. The summed E-state index contributed by atoms with van der Waals surface area (Å²) in [6.07, 6.45) is 3.14. The average Bonchev–Trinajstić information content (AvgIpc) is 2.44. The summed E-state index contributed by atoms with van der Waals surface area (Å²) in [7, 11) is 0. The molecule has 3 amide bonds. The molecule has 6 heteroatoms. The van der Waals surface area contributed by atoms with Crippen LogP contribution >= 0.6 is 11.8 Å². The molecule has 0 bridgehead atoms. The third-order valence-corrected chi connectivity index (χ3v) is 4.61. The van der Waals surface area contributed by atoms with E-state index in [1.165, 1.54) is 4.90 Å². The van der Waals surface area contributed by atoms with Gasteiger partial charge in [0, 0.05) is 19.0 Å². The van der Waals surface area contributed by atoms with Crippen LogP contribution in [0.2, 0.25) is 0 Å². The van der Waals surface area contributed by atoms with Crippen molar-refractivity contribution in [2.75, 3.05) is 18.8 Å².